The van der Waals surface area contributed by atoms with E-state index < -0.39 is 8.07 Å². The zero-order valence-corrected chi connectivity index (χ0v) is 22.6. The molecule has 0 fully saturated rings. The smallest absolute Gasteiger partial charge is 0.0769 e. The predicted octanol–water partition coefficient (Wildman–Crippen LogP) is 6.82. The van der Waals surface area contributed by atoms with Crippen molar-refractivity contribution >= 4 is 19.2 Å². The second-order valence-corrected chi connectivity index (χ2v) is 15.7. The molecule has 176 valence electrons. The summed E-state index contributed by atoms with van der Waals surface area (Å²) in [6.45, 7) is 7.19. The van der Waals surface area contributed by atoms with Gasteiger partial charge in [0.15, 0.2) is 0 Å². The topological polar surface area (TPSA) is 6.48 Å². The first kappa shape index (κ1) is 24.2. The van der Waals surface area contributed by atoms with Gasteiger partial charge in [0, 0.05) is 13.1 Å². The first-order valence-electron chi connectivity index (χ1n) is 12.8. The van der Waals surface area contributed by atoms with E-state index in [-0.39, 0.29) is 0 Å². The number of rotatable bonds is 10. The highest BCUT2D eigenvalue weighted by Gasteiger charge is 2.48. The minimum absolute atomic E-state index is 0.600. The average Bonchev–Trinajstić information content (AvgIpc) is 3.38. The predicted molar refractivity (Wildman–Crippen MR) is 147 cm³/mol. The lowest BCUT2D eigenvalue weighted by atomic mass is 10.0. The standard InChI is InChI=1S/C30H42N2Si/c1-7-33(8-2,29-21-23(17-19-31(3)4)25-13-9-11-15-27(25)29)30-22-24(18-20-32(5)6)26-14-10-12-16-28(26)30/h9-16,21-22,29-30H,7-8,17-20H2,1-6H3/t29-,30-/m0/s1. The molecular formula is C30H42N2Si. The van der Waals surface area contributed by atoms with Crippen molar-refractivity contribution in [1.29, 1.82) is 0 Å². The van der Waals surface area contributed by atoms with Crippen LogP contribution in [0.3, 0.4) is 0 Å². The van der Waals surface area contributed by atoms with Gasteiger partial charge in [0.25, 0.3) is 0 Å². The number of hydrogen-bond acceptors (Lipinski definition) is 2. The zero-order chi connectivity index (χ0) is 23.6. The van der Waals surface area contributed by atoms with Gasteiger partial charge in [0.05, 0.1) is 8.07 Å². The Labute approximate surface area is 203 Å². The maximum absolute atomic E-state index is 2.71. The monoisotopic (exact) mass is 458 g/mol. The first-order valence-corrected chi connectivity index (χ1v) is 15.4. The molecule has 0 bridgehead atoms. The van der Waals surface area contributed by atoms with Crippen LogP contribution in [0.4, 0.5) is 0 Å². The molecule has 0 aliphatic heterocycles. The summed E-state index contributed by atoms with van der Waals surface area (Å²) >= 11 is 0. The molecule has 0 unspecified atom stereocenters. The Morgan fingerprint density at radius 3 is 1.39 bits per heavy atom. The van der Waals surface area contributed by atoms with Crippen molar-refractivity contribution in [1.82, 2.24) is 9.80 Å². The molecule has 2 aromatic rings. The third-order valence-electron chi connectivity index (χ3n) is 8.23. The quantitative estimate of drug-likeness (QED) is 0.360. The molecule has 0 saturated carbocycles. The highest BCUT2D eigenvalue weighted by Crippen LogP contribution is 2.54. The van der Waals surface area contributed by atoms with Crippen LogP contribution in [-0.4, -0.2) is 59.2 Å². The van der Waals surface area contributed by atoms with Gasteiger partial charge in [-0.3, -0.25) is 0 Å². The van der Waals surface area contributed by atoms with Gasteiger partial charge in [-0.1, -0.05) is 86.6 Å². The Hall–Kier alpha value is -1.94. The maximum atomic E-state index is 2.71. The van der Waals surface area contributed by atoms with Crippen molar-refractivity contribution in [3.8, 4) is 0 Å². The van der Waals surface area contributed by atoms with Crippen molar-refractivity contribution in [3.63, 3.8) is 0 Å². The van der Waals surface area contributed by atoms with Crippen LogP contribution in [0.15, 0.2) is 60.7 Å². The minimum atomic E-state index is -1.76. The number of allylic oxidation sites excluding steroid dienone is 2. The molecule has 3 heteroatoms. The van der Waals surface area contributed by atoms with E-state index in [1.54, 1.807) is 22.3 Å². The molecule has 33 heavy (non-hydrogen) atoms. The molecule has 2 aromatic carbocycles. The van der Waals surface area contributed by atoms with Gasteiger partial charge in [-0.15, -0.1) is 0 Å². The van der Waals surface area contributed by atoms with Crippen LogP contribution < -0.4 is 0 Å². The van der Waals surface area contributed by atoms with Crippen LogP contribution in [-0.2, 0) is 0 Å². The molecule has 0 saturated heterocycles. The fourth-order valence-corrected chi connectivity index (χ4v) is 11.7. The lowest BCUT2D eigenvalue weighted by Crippen LogP contribution is -2.45. The van der Waals surface area contributed by atoms with E-state index in [2.05, 4.69) is 113 Å². The Morgan fingerprint density at radius 2 is 1.03 bits per heavy atom. The molecule has 0 aromatic heterocycles. The molecule has 2 nitrogen and oxygen atoms in total. The van der Waals surface area contributed by atoms with Gasteiger partial charge in [0.2, 0.25) is 0 Å². The highest BCUT2D eigenvalue weighted by atomic mass is 28.3. The summed E-state index contributed by atoms with van der Waals surface area (Å²) in [5.74, 6) is 0. The van der Waals surface area contributed by atoms with Gasteiger partial charge in [-0.2, -0.15) is 0 Å². The summed E-state index contributed by atoms with van der Waals surface area (Å²) in [5, 5.41) is 0. The molecule has 0 amide bonds. The second-order valence-electron chi connectivity index (χ2n) is 10.6. The van der Waals surface area contributed by atoms with E-state index in [4.69, 9.17) is 0 Å². The van der Waals surface area contributed by atoms with E-state index in [0.29, 0.717) is 11.1 Å². The summed E-state index contributed by atoms with van der Waals surface area (Å²) in [5.41, 5.74) is 10.6. The Bertz CT molecular complexity index is 950. The number of hydrogen-bond donors (Lipinski definition) is 0. The van der Waals surface area contributed by atoms with Crippen molar-refractivity contribution in [2.75, 3.05) is 41.3 Å². The van der Waals surface area contributed by atoms with E-state index >= 15 is 0 Å². The van der Waals surface area contributed by atoms with Crippen LogP contribution >= 0.6 is 0 Å². The van der Waals surface area contributed by atoms with Crippen molar-refractivity contribution < 1.29 is 0 Å². The fraction of sp³-hybridized carbons (Fsp3) is 0.467. The minimum Gasteiger partial charge on any atom is -0.309 e. The molecule has 0 spiro atoms. The van der Waals surface area contributed by atoms with Crippen LogP contribution in [0.1, 0.15) is 60.0 Å². The van der Waals surface area contributed by atoms with Crippen LogP contribution in [0, 0.1) is 0 Å². The van der Waals surface area contributed by atoms with Gasteiger partial charge in [-0.25, -0.2) is 0 Å². The van der Waals surface area contributed by atoms with Gasteiger partial charge < -0.3 is 9.80 Å². The highest BCUT2D eigenvalue weighted by molar-refractivity contribution is 6.83. The summed E-state index contributed by atoms with van der Waals surface area (Å²) in [6.07, 6.45) is 7.70. The second kappa shape index (κ2) is 10.1. The first-order chi connectivity index (χ1) is 15.9. The fourth-order valence-electron chi connectivity index (χ4n) is 6.28. The van der Waals surface area contributed by atoms with Crippen LogP contribution in [0.25, 0.3) is 11.1 Å². The van der Waals surface area contributed by atoms with E-state index in [9.17, 15) is 0 Å². The summed E-state index contributed by atoms with van der Waals surface area (Å²) in [6, 6.07) is 21.2. The molecular weight excluding hydrogens is 416 g/mol. The lowest BCUT2D eigenvalue weighted by Gasteiger charge is -2.41. The largest absolute Gasteiger partial charge is 0.309 e. The maximum Gasteiger partial charge on any atom is 0.0769 e. The number of nitrogens with zero attached hydrogens (tertiary/aromatic N) is 2. The lowest BCUT2D eigenvalue weighted by molar-refractivity contribution is 0.419. The van der Waals surface area contributed by atoms with Crippen molar-refractivity contribution in [2.45, 2.75) is 49.9 Å². The van der Waals surface area contributed by atoms with Gasteiger partial charge in [0.1, 0.15) is 0 Å². The van der Waals surface area contributed by atoms with Gasteiger partial charge in [-0.05, 0) is 85.5 Å². The van der Waals surface area contributed by atoms with Crippen molar-refractivity contribution in [2.24, 2.45) is 0 Å². The molecule has 2 aliphatic rings. The molecule has 0 heterocycles. The van der Waals surface area contributed by atoms with E-state index in [1.165, 1.54) is 23.2 Å². The van der Waals surface area contributed by atoms with Crippen LogP contribution in [0.5, 0.6) is 0 Å². The van der Waals surface area contributed by atoms with Gasteiger partial charge >= 0.3 is 0 Å². The van der Waals surface area contributed by atoms with E-state index in [1.807, 2.05) is 0 Å². The SMILES string of the molecule is CC[Si](CC)([C@H]1C=C(CCN(C)C)c2ccccc21)[C@H]1C=C(CCN(C)C)c2ccccc21. The van der Waals surface area contributed by atoms with E-state index in [0.717, 1.165) is 25.9 Å². The summed E-state index contributed by atoms with van der Waals surface area (Å²) < 4.78 is 0. The third kappa shape index (κ3) is 4.56. The third-order valence-corrected chi connectivity index (χ3v) is 14.3. The molecule has 2 aliphatic carbocycles. The van der Waals surface area contributed by atoms with Crippen LogP contribution in [0.2, 0.25) is 12.1 Å². The molecule has 0 radical (unpaired) electrons. The average molecular weight is 459 g/mol. The Kier molecular flexibility index (Phi) is 7.42. The normalized spacial score (nSPS) is 19.6. The Morgan fingerprint density at radius 1 is 0.636 bits per heavy atom. The summed E-state index contributed by atoms with van der Waals surface area (Å²) in [7, 11) is 6.99. The summed E-state index contributed by atoms with van der Waals surface area (Å²) in [4.78, 5) is 4.63. The molecule has 4 rings (SSSR count). The number of benzene rings is 2. The Balaban J connectivity index is 1.79. The molecule has 2 atom stereocenters. The zero-order valence-electron chi connectivity index (χ0n) is 21.6. The molecule has 0 N–H and O–H groups in total. The number of fused-ring (bicyclic) bond motifs is 2. The van der Waals surface area contributed by atoms with Crippen molar-refractivity contribution in [3.05, 3.63) is 82.9 Å².